The van der Waals surface area contributed by atoms with Crippen molar-refractivity contribution in [2.75, 3.05) is 24.5 Å². The van der Waals surface area contributed by atoms with Crippen molar-refractivity contribution in [2.24, 2.45) is 0 Å². The van der Waals surface area contributed by atoms with Crippen LogP contribution in [0.4, 0.5) is 10.5 Å². The minimum Gasteiger partial charge on any atom is -0.386 e. The Bertz CT molecular complexity index is 1800. The first-order valence-electron chi connectivity index (χ1n) is 14.9. The number of amides is 4. The molecule has 0 radical (unpaired) electrons. The predicted octanol–water partition coefficient (Wildman–Crippen LogP) is 0.601. The van der Waals surface area contributed by atoms with Gasteiger partial charge in [-0.3, -0.25) is 30.2 Å². The van der Waals surface area contributed by atoms with Crippen molar-refractivity contribution in [3.63, 3.8) is 0 Å². The number of rotatable bonds is 5. The Labute approximate surface area is 258 Å². The number of nitrogens with zero attached hydrogens (tertiary/aromatic N) is 3. The number of aliphatic hydroxyl groups excluding tert-OH is 1. The highest BCUT2D eigenvalue weighted by Gasteiger charge is 2.67. The lowest BCUT2D eigenvalue weighted by Gasteiger charge is -2.49. The highest BCUT2D eigenvalue weighted by molar-refractivity contribution is 6.12. The number of anilines is 1. The smallest absolute Gasteiger partial charge is 0.331 e. The van der Waals surface area contributed by atoms with Gasteiger partial charge in [-0.2, -0.15) is 0 Å². The molecule has 4 saturated heterocycles. The summed E-state index contributed by atoms with van der Waals surface area (Å²) in [5.41, 5.74) is 3.96. The van der Waals surface area contributed by atoms with Crippen LogP contribution in [0.25, 0.3) is 11.1 Å². The van der Waals surface area contributed by atoms with Crippen molar-refractivity contribution < 1.29 is 19.5 Å². The molecule has 4 aliphatic heterocycles. The maximum atomic E-state index is 13.7. The molecule has 0 bridgehead atoms. The van der Waals surface area contributed by atoms with Gasteiger partial charge in [-0.15, -0.1) is 0 Å². The monoisotopic (exact) mass is 605 g/mol. The van der Waals surface area contributed by atoms with Gasteiger partial charge in [0.1, 0.15) is 12.6 Å². The normalized spacial score (nSPS) is 27.8. The molecule has 0 saturated carbocycles. The van der Waals surface area contributed by atoms with Gasteiger partial charge in [0.05, 0.1) is 24.7 Å². The first-order chi connectivity index (χ1) is 21.8. The molecule has 3 aromatic carbocycles. The van der Waals surface area contributed by atoms with Gasteiger partial charge in [0.25, 0.3) is 11.8 Å². The van der Waals surface area contributed by atoms with Crippen LogP contribution in [0.3, 0.4) is 0 Å². The molecule has 13 nitrogen and oxygen atoms in total. The second kappa shape index (κ2) is 9.79. The van der Waals surface area contributed by atoms with E-state index in [0.29, 0.717) is 17.7 Å². The molecule has 3 aromatic rings. The minimum absolute atomic E-state index is 0.0499. The Hall–Kier alpha value is -5.43. The molecule has 4 heterocycles. The first-order valence-corrected chi connectivity index (χ1v) is 14.9. The largest absolute Gasteiger partial charge is 0.386 e. The average molecular weight is 606 g/mol. The second-order valence-electron chi connectivity index (χ2n) is 12.1. The Morgan fingerprint density at radius 3 is 2.56 bits per heavy atom. The van der Waals surface area contributed by atoms with Crippen LogP contribution in [-0.4, -0.2) is 94.2 Å². The molecule has 228 valence electrons. The van der Waals surface area contributed by atoms with Crippen molar-refractivity contribution in [2.45, 2.75) is 36.3 Å². The molecule has 8 rings (SSSR count). The van der Waals surface area contributed by atoms with Crippen LogP contribution in [-0.2, 0) is 11.2 Å². The summed E-state index contributed by atoms with van der Waals surface area (Å²) in [6.07, 6.45) is -0.610. The zero-order chi connectivity index (χ0) is 31.0. The number of hydrogen-bond acceptors (Lipinski definition) is 6. The fourth-order valence-electron chi connectivity index (χ4n) is 7.63. The number of carbonyl (C=O) groups excluding carboxylic acids is 3. The number of carbonyl (C=O) groups is 3. The molecule has 5 atom stereocenters. The van der Waals surface area contributed by atoms with E-state index in [1.165, 1.54) is 4.90 Å². The Morgan fingerprint density at radius 1 is 0.978 bits per heavy atom. The molecule has 0 aromatic heterocycles. The molecular formula is C32H31N9O4. The molecule has 4 fully saturated rings. The van der Waals surface area contributed by atoms with E-state index >= 15 is 0 Å². The fourth-order valence-corrected chi connectivity index (χ4v) is 7.63. The molecule has 7 N–H and O–H groups in total. The van der Waals surface area contributed by atoms with Crippen LogP contribution in [0.5, 0.6) is 0 Å². The summed E-state index contributed by atoms with van der Waals surface area (Å²) < 4.78 is 0. The van der Waals surface area contributed by atoms with E-state index in [1.54, 1.807) is 35.2 Å². The van der Waals surface area contributed by atoms with E-state index in [0.717, 1.165) is 27.2 Å². The highest BCUT2D eigenvalue weighted by atomic mass is 16.3. The third kappa shape index (κ3) is 3.93. The van der Waals surface area contributed by atoms with Crippen molar-refractivity contribution in [1.82, 2.24) is 31.1 Å². The van der Waals surface area contributed by atoms with Gasteiger partial charge in [-0.25, -0.2) is 4.79 Å². The van der Waals surface area contributed by atoms with Gasteiger partial charge in [0.2, 0.25) is 0 Å². The maximum Gasteiger partial charge on any atom is 0.331 e. The molecule has 1 aliphatic carbocycles. The number of imide groups is 1. The van der Waals surface area contributed by atoms with E-state index < -0.39 is 35.9 Å². The number of benzene rings is 3. The second-order valence-corrected chi connectivity index (χ2v) is 12.1. The van der Waals surface area contributed by atoms with Gasteiger partial charge in [-0.1, -0.05) is 54.6 Å². The fraction of sp³-hybridized carbons (Fsp3) is 0.281. The van der Waals surface area contributed by atoms with Crippen molar-refractivity contribution >= 4 is 35.5 Å². The van der Waals surface area contributed by atoms with E-state index in [1.807, 2.05) is 36.4 Å². The summed E-state index contributed by atoms with van der Waals surface area (Å²) in [7, 11) is 0. The Kier molecular flexibility index (Phi) is 5.91. The van der Waals surface area contributed by atoms with E-state index in [4.69, 9.17) is 10.8 Å². The molecule has 45 heavy (non-hydrogen) atoms. The number of urea groups is 1. The quantitative estimate of drug-likeness (QED) is 0.162. The molecule has 4 amide bonds. The van der Waals surface area contributed by atoms with Crippen molar-refractivity contribution in [3.8, 4) is 11.1 Å². The van der Waals surface area contributed by atoms with Crippen molar-refractivity contribution in [3.05, 3.63) is 89.5 Å². The SMILES string of the molecule is N=C1NC2[C@H](CN3C(=O)CN(c4ccccc4)C3=O)NC(=N)N3C[C@H](NC(=O)c4cccc5c4Cc4ccccc4-5)C(O)C23N1. The van der Waals surface area contributed by atoms with Gasteiger partial charge < -0.3 is 31.3 Å². The van der Waals surface area contributed by atoms with Gasteiger partial charge in [0, 0.05) is 17.8 Å². The average Bonchev–Trinajstić information content (AvgIpc) is 3.76. The number of hydrogen-bond donors (Lipinski definition) is 7. The molecule has 5 aliphatic rings. The molecule has 3 unspecified atom stereocenters. The van der Waals surface area contributed by atoms with Crippen molar-refractivity contribution in [1.29, 1.82) is 10.8 Å². The Morgan fingerprint density at radius 2 is 1.73 bits per heavy atom. The zero-order valence-corrected chi connectivity index (χ0v) is 24.1. The van der Waals surface area contributed by atoms with Crippen LogP contribution in [0.1, 0.15) is 21.5 Å². The summed E-state index contributed by atoms with van der Waals surface area (Å²) in [5, 5.41) is 41.3. The van der Waals surface area contributed by atoms with E-state index in [-0.39, 0.29) is 43.4 Å². The molecular weight excluding hydrogens is 574 g/mol. The summed E-state index contributed by atoms with van der Waals surface area (Å²) in [6, 6.07) is 19.9. The third-order valence-corrected chi connectivity index (χ3v) is 9.67. The number of guanidine groups is 2. The topological polar surface area (TPSA) is 177 Å². The predicted molar refractivity (Wildman–Crippen MR) is 165 cm³/mol. The number of aliphatic hydroxyl groups is 1. The summed E-state index contributed by atoms with van der Waals surface area (Å²) in [6.45, 7) is -0.101. The lowest BCUT2D eigenvalue weighted by molar-refractivity contribution is -0.125. The van der Waals surface area contributed by atoms with Gasteiger partial charge in [0.15, 0.2) is 17.6 Å². The molecule has 1 spiro atoms. The van der Waals surface area contributed by atoms with Crippen LogP contribution in [0.15, 0.2) is 72.8 Å². The maximum absolute atomic E-state index is 13.7. The highest BCUT2D eigenvalue weighted by Crippen LogP contribution is 2.40. The summed E-state index contributed by atoms with van der Waals surface area (Å²) in [5.74, 6) is -0.834. The van der Waals surface area contributed by atoms with E-state index in [9.17, 15) is 19.5 Å². The Balaban J connectivity index is 1.04. The van der Waals surface area contributed by atoms with Gasteiger partial charge >= 0.3 is 6.03 Å². The van der Waals surface area contributed by atoms with Crippen LogP contribution < -0.4 is 26.2 Å². The zero-order valence-electron chi connectivity index (χ0n) is 24.1. The summed E-state index contributed by atoms with van der Waals surface area (Å²) >= 11 is 0. The minimum atomic E-state index is -1.37. The standard InChI is InChI=1S/C32H31N9O4/c33-29-37-26-23(14-40-25(42)16-39(31(40)45)18-8-2-1-3-9-18)36-30(34)41-15-24(27(43)32(26,41)38-29)35-28(44)21-12-6-11-20-19-10-5-4-7-17(19)13-22(20)21/h1-12,23-24,26-27,43H,13-16H2,(H2,34,36)(H,35,44)(H3,33,37,38)/t23-,24-,26?,27?,32?/m0/s1. The number of fused-ring (bicyclic) bond motifs is 3. The lowest BCUT2D eigenvalue weighted by Crippen LogP contribution is -2.78. The van der Waals surface area contributed by atoms with Crippen LogP contribution >= 0.6 is 0 Å². The number of para-hydroxylation sites is 1. The van der Waals surface area contributed by atoms with Crippen LogP contribution in [0, 0.1) is 10.8 Å². The van der Waals surface area contributed by atoms with Gasteiger partial charge in [-0.05, 0) is 46.9 Å². The first kappa shape index (κ1) is 27.1. The lowest BCUT2D eigenvalue weighted by atomic mass is 9.87. The molecule has 13 heteroatoms. The van der Waals surface area contributed by atoms with E-state index in [2.05, 4.69) is 27.3 Å². The third-order valence-electron chi connectivity index (χ3n) is 9.67. The van der Waals surface area contributed by atoms with Crippen LogP contribution in [0.2, 0.25) is 0 Å². The summed E-state index contributed by atoms with van der Waals surface area (Å²) in [4.78, 5) is 44.3. The number of nitrogens with one attached hydrogen (secondary N) is 6.